The molecule has 57 heavy (non-hydrogen) atoms. The largest absolute Gasteiger partial charge is 0.370 e. The van der Waals surface area contributed by atoms with Crippen LogP contribution < -0.4 is 54.0 Å². The predicted octanol–water partition coefficient (Wildman–Crippen LogP) is -4.90. The van der Waals surface area contributed by atoms with E-state index in [1.165, 1.54) is 12.5 Å². The second-order valence-corrected chi connectivity index (χ2v) is 13.2. The van der Waals surface area contributed by atoms with Crippen molar-refractivity contribution in [1.82, 2.24) is 57.5 Å². The van der Waals surface area contributed by atoms with Crippen molar-refractivity contribution in [3.63, 3.8) is 0 Å². The molecule has 0 saturated carbocycles. The third kappa shape index (κ3) is 14.1. The molecule has 0 spiro atoms. The molecular weight excluding hydrogens is 746 g/mol. The molecule has 3 aromatic rings. The highest BCUT2D eigenvalue weighted by atomic mass is 16.2. The van der Waals surface area contributed by atoms with Crippen LogP contribution in [0.3, 0.4) is 0 Å². The number of H-pyrrole nitrogens is 2. The van der Waals surface area contributed by atoms with E-state index in [-0.39, 0.29) is 31.6 Å². The number of imidazole rings is 1. The first-order valence-corrected chi connectivity index (χ1v) is 18.1. The van der Waals surface area contributed by atoms with Gasteiger partial charge in [-0.2, -0.15) is 0 Å². The lowest BCUT2D eigenvalue weighted by atomic mass is 10.0. The van der Waals surface area contributed by atoms with E-state index in [1.54, 1.807) is 12.3 Å². The summed E-state index contributed by atoms with van der Waals surface area (Å²) >= 11 is 0. The van der Waals surface area contributed by atoms with Crippen molar-refractivity contribution in [3.05, 3.63) is 54.2 Å². The zero-order valence-electron chi connectivity index (χ0n) is 30.9. The van der Waals surface area contributed by atoms with Crippen LogP contribution in [0, 0.1) is 0 Å². The number of primary amides is 2. The molecule has 0 aliphatic carbocycles. The van der Waals surface area contributed by atoms with Crippen molar-refractivity contribution < 1.29 is 43.2 Å². The average molecular weight is 794 g/mol. The van der Waals surface area contributed by atoms with Crippen LogP contribution in [0.1, 0.15) is 36.9 Å². The molecule has 1 aliphatic heterocycles. The minimum atomic E-state index is -1.23. The van der Waals surface area contributed by atoms with Crippen LogP contribution in [0.5, 0.6) is 0 Å². The molecule has 0 radical (unpaired) electrons. The third-order valence-electron chi connectivity index (χ3n) is 8.84. The number of para-hydroxylation sites is 1. The molecular formula is C35H47N13O9. The molecule has 3 heterocycles. The van der Waals surface area contributed by atoms with Gasteiger partial charge in [0.15, 0.2) is 0 Å². The number of amides is 9. The second kappa shape index (κ2) is 21.3. The van der Waals surface area contributed by atoms with E-state index in [4.69, 9.17) is 11.5 Å². The topological polar surface area (TPSA) is 346 Å². The van der Waals surface area contributed by atoms with Gasteiger partial charge in [-0.05, 0) is 37.4 Å². The molecule has 14 N–H and O–H groups in total. The maximum atomic E-state index is 13.3. The van der Waals surface area contributed by atoms with Crippen LogP contribution in [0.2, 0.25) is 0 Å². The van der Waals surface area contributed by atoms with Gasteiger partial charge in [-0.15, -0.1) is 0 Å². The lowest BCUT2D eigenvalue weighted by Gasteiger charge is -2.20. The Hall–Kier alpha value is -6.84. The summed E-state index contributed by atoms with van der Waals surface area (Å²) in [5.41, 5.74) is 12.4. The Morgan fingerprint density at radius 2 is 1.35 bits per heavy atom. The van der Waals surface area contributed by atoms with Gasteiger partial charge in [0.25, 0.3) is 0 Å². The number of carbonyl (C=O) groups excluding carboxylic acids is 9. The Labute approximate surface area is 325 Å². The zero-order valence-corrected chi connectivity index (χ0v) is 30.9. The normalized spacial score (nSPS) is 15.0. The minimum Gasteiger partial charge on any atom is -0.370 e. The first kappa shape index (κ1) is 42.9. The first-order chi connectivity index (χ1) is 27.3. The Morgan fingerprint density at radius 3 is 1.96 bits per heavy atom. The Morgan fingerprint density at radius 1 is 0.737 bits per heavy atom. The predicted molar refractivity (Wildman–Crippen MR) is 201 cm³/mol. The highest BCUT2D eigenvalue weighted by Gasteiger charge is 2.29. The number of fused-ring (bicyclic) bond motifs is 1. The summed E-state index contributed by atoms with van der Waals surface area (Å²) in [6.45, 7) is -1.57. The monoisotopic (exact) mass is 793 g/mol. The number of aromatic amines is 2. The van der Waals surface area contributed by atoms with E-state index in [1.807, 2.05) is 18.2 Å². The third-order valence-corrected chi connectivity index (χ3v) is 8.84. The molecule has 22 heteroatoms. The number of nitrogens with one attached hydrogen (secondary N) is 10. The van der Waals surface area contributed by atoms with Gasteiger partial charge >= 0.3 is 0 Å². The number of nitrogens with zero attached hydrogens (tertiary/aromatic N) is 1. The molecule has 0 unspecified atom stereocenters. The lowest BCUT2D eigenvalue weighted by molar-refractivity contribution is -0.132. The van der Waals surface area contributed by atoms with Gasteiger partial charge in [-0.25, -0.2) is 4.98 Å². The van der Waals surface area contributed by atoms with E-state index in [0.717, 1.165) is 17.3 Å². The molecule has 1 aliphatic rings. The molecule has 306 valence electrons. The summed E-state index contributed by atoms with van der Waals surface area (Å²) in [5.74, 6) is -6.39. The second-order valence-electron chi connectivity index (χ2n) is 13.2. The standard InChI is InChI=1S/C35H47N13O9/c36-27(49)8-7-23(32(37)54)46-31(53)17-44-33(55)25(10-19-12-40-22-5-2-1-4-21(19)22)47-30(52)16-42-28(50)14-41-29(51)15-43-34(56)26(11-20-13-38-18-45-20)48-35(57)24-6-3-9-39-24/h1-2,4-5,12-13,18,23-26,39-40H,3,6-11,14-17H2,(H2,36,49)(H2,37,54)(H,38,45)(H,41,51)(H,42,50)(H,43,56)(H,44,55)(H,46,53)(H,47,52)(H,48,57)/t23-,24-,25-,26-/m0/s1. The Kier molecular flexibility index (Phi) is 16.0. The Balaban J connectivity index is 1.25. The van der Waals surface area contributed by atoms with E-state index >= 15 is 0 Å². The maximum Gasteiger partial charge on any atom is 0.243 e. The summed E-state index contributed by atoms with van der Waals surface area (Å²) < 4.78 is 0. The lowest BCUT2D eigenvalue weighted by Crippen LogP contribution is -2.54. The number of hydrogen-bond donors (Lipinski definition) is 12. The number of benzene rings is 1. The first-order valence-electron chi connectivity index (χ1n) is 18.1. The highest BCUT2D eigenvalue weighted by Crippen LogP contribution is 2.19. The fourth-order valence-electron chi connectivity index (χ4n) is 5.86. The number of nitrogens with two attached hydrogens (primary N) is 2. The van der Waals surface area contributed by atoms with Gasteiger partial charge in [-0.1, -0.05) is 18.2 Å². The molecule has 1 saturated heterocycles. The summed E-state index contributed by atoms with van der Waals surface area (Å²) in [5, 5.41) is 20.9. The van der Waals surface area contributed by atoms with E-state index in [9.17, 15) is 43.2 Å². The van der Waals surface area contributed by atoms with Gasteiger partial charge in [0.05, 0.1) is 38.5 Å². The van der Waals surface area contributed by atoms with Gasteiger partial charge in [0, 0.05) is 48.3 Å². The van der Waals surface area contributed by atoms with Crippen molar-refractivity contribution in [1.29, 1.82) is 0 Å². The van der Waals surface area contributed by atoms with Gasteiger partial charge in [0.1, 0.15) is 18.1 Å². The van der Waals surface area contributed by atoms with Crippen LogP contribution in [-0.4, -0.2) is 125 Å². The molecule has 2 aromatic heterocycles. The number of aromatic nitrogens is 3. The molecule has 1 aromatic carbocycles. The molecule has 1 fully saturated rings. The quantitative estimate of drug-likeness (QED) is 0.0457. The minimum absolute atomic E-state index is 0.0225. The smallest absolute Gasteiger partial charge is 0.243 e. The Bertz CT molecular complexity index is 1920. The van der Waals surface area contributed by atoms with Crippen molar-refractivity contribution in [2.24, 2.45) is 11.5 Å². The van der Waals surface area contributed by atoms with E-state index in [0.29, 0.717) is 24.2 Å². The molecule has 9 amide bonds. The van der Waals surface area contributed by atoms with Crippen molar-refractivity contribution >= 4 is 64.1 Å². The van der Waals surface area contributed by atoms with Gasteiger partial charge in [-0.3, -0.25) is 43.2 Å². The summed E-state index contributed by atoms with van der Waals surface area (Å²) in [4.78, 5) is 122. The van der Waals surface area contributed by atoms with E-state index < -0.39 is 97.6 Å². The number of carbonyl (C=O) groups is 9. The van der Waals surface area contributed by atoms with Crippen LogP contribution in [-0.2, 0) is 56.0 Å². The molecule has 0 bridgehead atoms. The summed E-state index contributed by atoms with van der Waals surface area (Å²) in [6, 6.07) is 3.36. The van der Waals surface area contributed by atoms with Crippen molar-refractivity contribution in [2.75, 3.05) is 32.7 Å². The van der Waals surface area contributed by atoms with Gasteiger partial charge in [0.2, 0.25) is 53.2 Å². The van der Waals surface area contributed by atoms with Crippen LogP contribution in [0.4, 0.5) is 0 Å². The fraction of sp³-hybridized carbons (Fsp3) is 0.429. The van der Waals surface area contributed by atoms with Crippen LogP contribution in [0.15, 0.2) is 43.0 Å². The number of hydrogen-bond acceptors (Lipinski definition) is 11. The molecule has 4 atom stereocenters. The SMILES string of the molecule is NC(=O)CC[C@H](NC(=O)CNC(=O)[C@H](Cc1c[nH]c2ccccc12)NC(=O)CNC(=O)CNC(=O)CNC(=O)[C@H](Cc1cnc[nH]1)NC(=O)[C@@H]1CCCN1)C(N)=O. The number of rotatable bonds is 22. The zero-order chi connectivity index (χ0) is 41.3. The summed E-state index contributed by atoms with van der Waals surface area (Å²) in [6.07, 6.45) is 5.77. The van der Waals surface area contributed by atoms with Crippen molar-refractivity contribution in [2.45, 2.75) is 62.7 Å². The maximum absolute atomic E-state index is 13.3. The van der Waals surface area contributed by atoms with E-state index in [2.05, 4.69) is 57.5 Å². The summed E-state index contributed by atoms with van der Waals surface area (Å²) in [7, 11) is 0. The van der Waals surface area contributed by atoms with Crippen molar-refractivity contribution in [3.8, 4) is 0 Å². The van der Waals surface area contributed by atoms with Crippen LogP contribution in [0.25, 0.3) is 10.9 Å². The average Bonchev–Trinajstić information content (AvgIpc) is 3.99. The highest BCUT2D eigenvalue weighted by molar-refractivity contribution is 5.95. The van der Waals surface area contributed by atoms with Crippen LogP contribution >= 0.6 is 0 Å². The molecule has 4 rings (SSSR count). The fourth-order valence-corrected chi connectivity index (χ4v) is 5.86. The molecule has 22 nitrogen and oxygen atoms in total. The van der Waals surface area contributed by atoms with Gasteiger partial charge < -0.3 is 64.0 Å².